The van der Waals surface area contributed by atoms with Crippen molar-refractivity contribution < 1.29 is 4.74 Å². The summed E-state index contributed by atoms with van der Waals surface area (Å²) in [6, 6.07) is 3.52. The van der Waals surface area contributed by atoms with Crippen LogP contribution in [0.1, 0.15) is 6.42 Å². The van der Waals surface area contributed by atoms with Crippen molar-refractivity contribution in [2.45, 2.75) is 12.5 Å². The summed E-state index contributed by atoms with van der Waals surface area (Å²) in [5, 5.41) is 13.4. The molecule has 2 aromatic heterocycles. The minimum Gasteiger partial charge on any atom is -0.383 e. The minimum atomic E-state index is -0.366. The first-order valence-corrected chi connectivity index (χ1v) is 6.04. The van der Waals surface area contributed by atoms with Gasteiger partial charge in [0.25, 0.3) is 0 Å². The largest absolute Gasteiger partial charge is 0.383 e. The summed E-state index contributed by atoms with van der Waals surface area (Å²) in [7, 11) is 1.63. The number of alkyl halides is 1. The Morgan fingerprint density at radius 1 is 1.61 bits per heavy atom. The fourth-order valence-corrected chi connectivity index (χ4v) is 1.88. The van der Waals surface area contributed by atoms with Crippen molar-refractivity contribution in [1.82, 2.24) is 19.8 Å². The van der Waals surface area contributed by atoms with Crippen LogP contribution >= 0.6 is 11.6 Å². The van der Waals surface area contributed by atoms with Crippen LogP contribution < -0.4 is 11.0 Å². The lowest BCUT2D eigenvalue weighted by atomic mass is 10.2. The van der Waals surface area contributed by atoms with Crippen LogP contribution in [-0.2, 0) is 4.74 Å². The Morgan fingerprint density at radius 3 is 3.17 bits per heavy atom. The molecule has 0 aliphatic rings. The molecule has 7 nitrogen and oxygen atoms in total. The molecule has 0 radical (unpaired) electrons. The van der Waals surface area contributed by atoms with Gasteiger partial charge in [0.15, 0.2) is 5.65 Å². The van der Waals surface area contributed by atoms with Crippen molar-refractivity contribution in [3.63, 3.8) is 0 Å². The number of nitrogens with one attached hydrogen (secondary N) is 2. The zero-order valence-electron chi connectivity index (χ0n) is 9.89. The van der Waals surface area contributed by atoms with Gasteiger partial charge in [-0.3, -0.25) is 0 Å². The molecule has 0 saturated heterocycles. The van der Waals surface area contributed by atoms with Crippen LogP contribution in [-0.4, -0.2) is 45.4 Å². The van der Waals surface area contributed by atoms with Crippen LogP contribution in [0.25, 0.3) is 5.65 Å². The van der Waals surface area contributed by atoms with Gasteiger partial charge in [0.05, 0.1) is 12.6 Å². The molecule has 0 aliphatic heterocycles. The van der Waals surface area contributed by atoms with Gasteiger partial charge in [-0.1, -0.05) is 0 Å². The molecule has 8 heteroatoms. The lowest BCUT2D eigenvalue weighted by Crippen LogP contribution is -2.26. The number of halogens is 1. The number of aromatic amines is 1. The van der Waals surface area contributed by atoms with E-state index in [0.29, 0.717) is 24.0 Å². The Hall–Kier alpha value is -1.60. The van der Waals surface area contributed by atoms with Gasteiger partial charge in [0, 0.05) is 13.0 Å². The summed E-state index contributed by atoms with van der Waals surface area (Å²) in [6.07, 6.45) is 0.745. The highest BCUT2D eigenvalue weighted by atomic mass is 35.5. The average molecular weight is 272 g/mol. The van der Waals surface area contributed by atoms with E-state index in [-0.39, 0.29) is 11.7 Å². The Bertz CT molecular complexity index is 561. The van der Waals surface area contributed by atoms with E-state index in [9.17, 15) is 4.79 Å². The molecule has 2 aromatic rings. The lowest BCUT2D eigenvalue weighted by molar-refractivity contribution is 0.184. The fraction of sp³-hybridized carbons (Fsp3) is 0.500. The van der Waals surface area contributed by atoms with E-state index >= 15 is 0 Å². The van der Waals surface area contributed by atoms with Gasteiger partial charge in [0.1, 0.15) is 5.82 Å². The van der Waals surface area contributed by atoms with Gasteiger partial charge >= 0.3 is 5.69 Å². The highest BCUT2D eigenvalue weighted by molar-refractivity contribution is 6.17. The van der Waals surface area contributed by atoms with Crippen molar-refractivity contribution in [2.24, 2.45) is 0 Å². The zero-order valence-corrected chi connectivity index (χ0v) is 10.6. The SMILES string of the molecule is COCC(CCCl)Nc1ccc2n[nH]c(=O)n2n1. The van der Waals surface area contributed by atoms with Crippen LogP contribution in [0.5, 0.6) is 0 Å². The molecule has 2 heterocycles. The van der Waals surface area contributed by atoms with Gasteiger partial charge in [-0.05, 0) is 18.6 Å². The van der Waals surface area contributed by atoms with Crippen LogP contribution in [0.15, 0.2) is 16.9 Å². The molecular formula is C10H14ClN5O2. The molecule has 0 saturated carbocycles. The second-order valence-electron chi connectivity index (χ2n) is 3.79. The second kappa shape index (κ2) is 5.83. The van der Waals surface area contributed by atoms with Gasteiger partial charge in [-0.25, -0.2) is 9.89 Å². The molecule has 0 fully saturated rings. The highest BCUT2D eigenvalue weighted by Crippen LogP contribution is 2.07. The summed E-state index contributed by atoms with van der Waals surface area (Å²) in [5.74, 6) is 1.10. The third kappa shape index (κ3) is 2.80. The van der Waals surface area contributed by atoms with E-state index in [1.165, 1.54) is 4.52 Å². The third-order valence-corrected chi connectivity index (χ3v) is 2.67. The first-order chi connectivity index (χ1) is 8.74. The summed E-state index contributed by atoms with van der Waals surface area (Å²) in [4.78, 5) is 11.4. The smallest absolute Gasteiger partial charge is 0.364 e. The van der Waals surface area contributed by atoms with Crippen LogP contribution in [0, 0.1) is 0 Å². The standard InChI is InChI=1S/C10H14ClN5O2/c1-18-6-7(4-5-11)12-8-2-3-9-13-14-10(17)16(9)15-8/h2-3,7H,4-6H2,1H3,(H,12,15)(H,14,17). The Labute approximate surface area is 108 Å². The summed E-state index contributed by atoms with van der Waals surface area (Å²) < 4.78 is 6.29. The van der Waals surface area contributed by atoms with E-state index in [2.05, 4.69) is 20.6 Å². The number of aromatic nitrogens is 4. The molecule has 2 N–H and O–H groups in total. The molecule has 0 aromatic carbocycles. The topological polar surface area (TPSA) is 84.3 Å². The van der Waals surface area contributed by atoms with E-state index in [4.69, 9.17) is 16.3 Å². The molecule has 0 aliphatic carbocycles. The number of nitrogens with zero attached hydrogens (tertiary/aromatic N) is 3. The Balaban J connectivity index is 2.19. The first kappa shape index (κ1) is 12.8. The second-order valence-corrected chi connectivity index (χ2v) is 4.17. The number of anilines is 1. The summed E-state index contributed by atoms with van der Waals surface area (Å²) in [6.45, 7) is 0.521. The number of hydrogen-bond acceptors (Lipinski definition) is 5. The van der Waals surface area contributed by atoms with Gasteiger partial charge in [0.2, 0.25) is 0 Å². The molecule has 0 amide bonds. The lowest BCUT2D eigenvalue weighted by Gasteiger charge is -2.16. The Kier molecular flexibility index (Phi) is 4.16. The number of rotatable bonds is 6. The van der Waals surface area contributed by atoms with Crippen LogP contribution in [0.4, 0.5) is 5.82 Å². The Morgan fingerprint density at radius 2 is 2.44 bits per heavy atom. The maximum atomic E-state index is 11.4. The first-order valence-electron chi connectivity index (χ1n) is 5.50. The van der Waals surface area contributed by atoms with Crippen LogP contribution in [0.2, 0.25) is 0 Å². The molecule has 2 rings (SSSR count). The van der Waals surface area contributed by atoms with E-state index in [1.807, 2.05) is 0 Å². The van der Waals surface area contributed by atoms with Crippen molar-refractivity contribution in [3.8, 4) is 0 Å². The molecule has 18 heavy (non-hydrogen) atoms. The zero-order chi connectivity index (χ0) is 13.0. The number of ether oxygens (including phenoxy) is 1. The highest BCUT2D eigenvalue weighted by Gasteiger charge is 2.09. The quantitative estimate of drug-likeness (QED) is 0.746. The number of H-pyrrole nitrogens is 1. The molecule has 0 spiro atoms. The maximum absolute atomic E-state index is 11.4. The van der Waals surface area contributed by atoms with E-state index in [1.54, 1.807) is 19.2 Å². The number of methoxy groups -OCH3 is 1. The monoisotopic (exact) mass is 271 g/mol. The molecule has 1 atom stereocenters. The molecular weight excluding hydrogens is 258 g/mol. The van der Waals surface area contributed by atoms with Crippen molar-refractivity contribution in [2.75, 3.05) is 24.9 Å². The summed E-state index contributed by atoms with van der Waals surface area (Å²) in [5.41, 5.74) is 0.112. The van der Waals surface area contributed by atoms with Crippen molar-refractivity contribution >= 4 is 23.1 Å². The van der Waals surface area contributed by atoms with Crippen LogP contribution in [0.3, 0.4) is 0 Å². The number of hydrogen-bond donors (Lipinski definition) is 2. The third-order valence-electron chi connectivity index (χ3n) is 2.45. The maximum Gasteiger partial charge on any atom is 0.364 e. The van der Waals surface area contributed by atoms with Crippen molar-refractivity contribution in [3.05, 3.63) is 22.6 Å². The summed E-state index contributed by atoms with van der Waals surface area (Å²) >= 11 is 5.71. The van der Waals surface area contributed by atoms with Gasteiger partial charge < -0.3 is 10.1 Å². The molecule has 0 bridgehead atoms. The predicted octanol–water partition coefficient (Wildman–Crippen LogP) is 0.473. The van der Waals surface area contributed by atoms with Gasteiger partial charge in [-0.15, -0.1) is 16.7 Å². The fourth-order valence-electron chi connectivity index (χ4n) is 1.62. The molecule has 98 valence electrons. The average Bonchev–Trinajstić information content (AvgIpc) is 2.72. The minimum absolute atomic E-state index is 0.0556. The van der Waals surface area contributed by atoms with E-state index < -0.39 is 0 Å². The normalized spacial score (nSPS) is 12.8. The van der Waals surface area contributed by atoms with Crippen molar-refractivity contribution in [1.29, 1.82) is 0 Å². The number of fused-ring (bicyclic) bond motifs is 1. The molecule has 1 unspecified atom stereocenters. The predicted molar refractivity (Wildman–Crippen MR) is 68.2 cm³/mol. The van der Waals surface area contributed by atoms with E-state index in [0.717, 1.165) is 6.42 Å². The van der Waals surface area contributed by atoms with Gasteiger partial charge in [-0.2, -0.15) is 9.61 Å².